The van der Waals surface area contributed by atoms with Crippen LogP contribution in [0.4, 0.5) is 0 Å². The topological polar surface area (TPSA) is 166 Å². The molecule has 0 amide bonds. The van der Waals surface area contributed by atoms with Gasteiger partial charge in [-0.2, -0.15) is 0 Å². The van der Waals surface area contributed by atoms with E-state index < -0.39 is 57.4 Å². The number of aromatic hydroxyl groups is 1. The van der Waals surface area contributed by atoms with Crippen molar-refractivity contribution in [2.24, 2.45) is 11.3 Å². The van der Waals surface area contributed by atoms with Crippen LogP contribution >= 0.6 is 0 Å². The lowest BCUT2D eigenvalue weighted by Crippen LogP contribution is -2.67. The molecule has 1 saturated carbocycles. The Labute approximate surface area is 226 Å². The van der Waals surface area contributed by atoms with Crippen LogP contribution in [-0.2, 0) is 36.8 Å². The number of nitrogens with one attached hydrogen (secondary N) is 1. The van der Waals surface area contributed by atoms with E-state index in [1.54, 1.807) is 27.2 Å². The van der Waals surface area contributed by atoms with Crippen molar-refractivity contribution in [3.8, 4) is 5.75 Å². The molecule has 0 saturated heterocycles. The second-order valence-corrected chi connectivity index (χ2v) is 10.8. The predicted molar refractivity (Wildman–Crippen MR) is 140 cm³/mol. The van der Waals surface area contributed by atoms with Crippen molar-refractivity contribution in [1.29, 1.82) is 0 Å². The van der Waals surface area contributed by atoms with Crippen LogP contribution in [0.3, 0.4) is 0 Å². The molecule has 0 aliphatic heterocycles. The number of nitrogens with zero attached hydrogens (tertiary/aromatic N) is 1. The van der Waals surface area contributed by atoms with Gasteiger partial charge in [0.05, 0.1) is 37.0 Å². The summed E-state index contributed by atoms with van der Waals surface area (Å²) in [6.07, 6.45) is 0.107. The Kier molecular flexibility index (Phi) is 7.76. The van der Waals surface area contributed by atoms with Crippen molar-refractivity contribution in [1.82, 2.24) is 10.2 Å². The van der Waals surface area contributed by atoms with E-state index in [2.05, 4.69) is 5.32 Å². The highest BCUT2D eigenvalue weighted by molar-refractivity contribution is 6.25. The normalized spacial score (nSPS) is 28.5. The first-order valence-corrected chi connectivity index (χ1v) is 12.8. The first kappa shape index (κ1) is 28.9. The van der Waals surface area contributed by atoms with Crippen LogP contribution in [0.5, 0.6) is 5.75 Å². The predicted octanol–water partition coefficient (Wildman–Crippen LogP) is 0.820. The lowest BCUT2D eigenvalue weighted by Gasteiger charge is -2.54. The number of hydrogen-bond donors (Lipinski definition) is 5. The summed E-state index contributed by atoms with van der Waals surface area (Å²) in [6, 6.07) is 2.03. The van der Waals surface area contributed by atoms with Crippen molar-refractivity contribution in [3.63, 3.8) is 0 Å². The number of phenols is 1. The Balaban J connectivity index is 2.02. The fourth-order valence-electron chi connectivity index (χ4n) is 6.54. The zero-order chi connectivity index (χ0) is 28.9. The zero-order valence-electron chi connectivity index (χ0n) is 22.8. The first-order valence-electron chi connectivity index (χ1n) is 12.8. The van der Waals surface area contributed by atoms with E-state index in [4.69, 9.17) is 9.47 Å². The molecular weight excluding hydrogens is 508 g/mol. The van der Waals surface area contributed by atoms with Gasteiger partial charge < -0.3 is 35.2 Å². The molecule has 3 aliphatic rings. The van der Waals surface area contributed by atoms with Crippen LogP contribution in [0, 0.1) is 11.3 Å². The van der Waals surface area contributed by atoms with Crippen LogP contribution in [0.25, 0.3) is 5.76 Å². The minimum absolute atomic E-state index is 0.0421. The SMILES string of the molecule is CNCc1ccc(O)c2c1C[C@@]1(COCCOC)C[C@H]3[C@H](N(C)C)C(=O)C(C(C)=O)=C(O)[C@@]3(O)C(=O)C1=C2O. The van der Waals surface area contributed by atoms with E-state index in [0.29, 0.717) is 12.1 Å². The van der Waals surface area contributed by atoms with Crippen LogP contribution < -0.4 is 5.32 Å². The van der Waals surface area contributed by atoms with Gasteiger partial charge in [0.25, 0.3) is 0 Å². The fraction of sp³-hybridized carbons (Fsp3) is 0.536. The van der Waals surface area contributed by atoms with Crippen LogP contribution in [-0.4, -0.2) is 102 Å². The standard InChI is InChI=1S/C28H36N2O9/c1-14(31)19-24(34)22(30(3)4)17-11-27(13-39-9-8-38-5)10-16-15(12-29-2)6-7-18(32)20(16)23(33)21(27)26(36)28(17,37)25(19)35/h6-7,17,22,29,32-33,35,37H,8-13H2,1-5H3/t17-,22-,27-,28+/m0/s1. The number of carbonyl (C=O) groups excluding carboxylic acids is 3. The van der Waals surface area contributed by atoms with Gasteiger partial charge in [-0.05, 0) is 58.1 Å². The van der Waals surface area contributed by atoms with E-state index in [-0.39, 0.29) is 49.5 Å². The summed E-state index contributed by atoms with van der Waals surface area (Å²) in [7, 11) is 6.46. The monoisotopic (exact) mass is 544 g/mol. The first-order chi connectivity index (χ1) is 18.4. The van der Waals surface area contributed by atoms with Gasteiger partial charge in [0.2, 0.25) is 5.78 Å². The van der Waals surface area contributed by atoms with Crippen molar-refractivity contribution < 1.29 is 44.3 Å². The number of likely N-dealkylation sites (N-methyl/N-ethyl adjacent to an activating group) is 1. The second kappa shape index (κ2) is 10.5. The summed E-state index contributed by atoms with van der Waals surface area (Å²) < 4.78 is 11.0. The minimum atomic E-state index is -2.65. The van der Waals surface area contributed by atoms with Gasteiger partial charge in [0, 0.05) is 25.0 Å². The second-order valence-electron chi connectivity index (χ2n) is 10.8. The number of fused-ring (bicyclic) bond motifs is 3. The van der Waals surface area contributed by atoms with Gasteiger partial charge in [-0.15, -0.1) is 0 Å². The molecule has 11 heteroatoms. The third-order valence-corrected chi connectivity index (χ3v) is 8.21. The van der Waals surface area contributed by atoms with E-state index in [0.717, 1.165) is 12.5 Å². The number of ether oxygens (including phenoxy) is 2. The Morgan fingerprint density at radius 1 is 1.18 bits per heavy atom. The van der Waals surface area contributed by atoms with Gasteiger partial charge in [-0.1, -0.05) is 6.07 Å². The van der Waals surface area contributed by atoms with Crippen LogP contribution in [0.2, 0.25) is 0 Å². The average molecular weight is 545 g/mol. The van der Waals surface area contributed by atoms with Crippen LogP contribution in [0.15, 0.2) is 29.0 Å². The van der Waals surface area contributed by atoms with Crippen molar-refractivity contribution in [2.45, 2.75) is 38.0 Å². The van der Waals surface area contributed by atoms with E-state index in [1.807, 2.05) is 0 Å². The molecule has 1 aromatic carbocycles. The Morgan fingerprint density at radius 2 is 1.87 bits per heavy atom. The molecule has 4 atom stereocenters. The number of phenolic OH excluding ortho intramolecular Hbond substituents is 1. The number of hydrogen-bond acceptors (Lipinski definition) is 11. The number of benzene rings is 1. The summed E-state index contributed by atoms with van der Waals surface area (Å²) in [4.78, 5) is 41.7. The van der Waals surface area contributed by atoms with Gasteiger partial charge in [-0.25, -0.2) is 0 Å². The number of carbonyl (C=O) groups is 3. The molecule has 1 aromatic rings. The minimum Gasteiger partial charge on any atom is -0.508 e. The maximum absolute atomic E-state index is 14.3. The molecule has 0 bridgehead atoms. The highest BCUT2D eigenvalue weighted by atomic mass is 16.5. The number of rotatable bonds is 9. The maximum atomic E-state index is 14.3. The zero-order valence-corrected chi connectivity index (χ0v) is 22.8. The Hall–Kier alpha value is -3.09. The number of ketones is 3. The number of methoxy groups -OCH3 is 1. The molecule has 39 heavy (non-hydrogen) atoms. The summed E-state index contributed by atoms with van der Waals surface area (Å²) in [5, 5.41) is 48.5. The summed E-state index contributed by atoms with van der Waals surface area (Å²) in [6.45, 7) is 1.88. The van der Waals surface area contributed by atoms with Gasteiger partial charge in [0.1, 0.15) is 22.8 Å². The van der Waals surface area contributed by atoms with Gasteiger partial charge in [0.15, 0.2) is 17.2 Å². The largest absolute Gasteiger partial charge is 0.508 e. The average Bonchev–Trinajstić information content (AvgIpc) is 2.85. The summed E-state index contributed by atoms with van der Waals surface area (Å²) >= 11 is 0. The van der Waals surface area contributed by atoms with E-state index >= 15 is 0 Å². The third kappa shape index (κ3) is 4.29. The maximum Gasteiger partial charge on any atom is 0.202 e. The molecule has 0 aromatic heterocycles. The van der Waals surface area contributed by atoms with E-state index in [9.17, 15) is 34.8 Å². The molecule has 0 spiro atoms. The molecule has 3 aliphatic carbocycles. The van der Waals surface area contributed by atoms with Gasteiger partial charge in [-0.3, -0.25) is 19.3 Å². The molecule has 0 heterocycles. The molecule has 0 radical (unpaired) electrons. The van der Waals surface area contributed by atoms with Crippen molar-refractivity contribution in [2.75, 3.05) is 48.1 Å². The molecule has 4 rings (SSSR count). The molecule has 0 unspecified atom stereocenters. The summed E-state index contributed by atoms with van der Waals surface area (Å²) in [5.41, 5.74) is -3.29. The van der Waals surface area contributed by atoms with Gasteiger partial charge >= 0.3 is 0 Å². The quantitative estimate of drug-likeness (QED) is 0.221. The Morgan fingerprint density at radius 3 is 2.46 bits per heavy atom. The molecule has 212 valence electrons. The highest BCUT2D eigenvalue weighted by Gasteiger charge is 2.67. The fourth-order valence-corrected chi connectivity index (χ4v) is 6.54. The molecular formula is C28H36N2O9. The highest BCUT2D eigenvalue weighted by Crippen LogP contribution is 2.58. The van der Waals surface area contributed by atoms with E-state index in [1.165, 1.54) is 18.1 Å². The lowest BCUT2D eigenvalue weighted by atomic mass is 9.51. The number of aliphatic hydroxyl groups excluding tert-OH is 2. The molecule has 11 nitrogen and oxygen atoms in total. The third-order valence-electron chi connectivity index (χ3n) is 8.21. The number of Topliss-reactive ketones (excluding diaryl/α,β-unsaturated/α-hetero) is 3. The number of aliphatic hydroxyl groups is 3. The Bertz CT molecular complexity index is 1280. The lowest BCUT2D eigenvalue weighted by molar-refractivity contribution is -0.159. The molecule has 1 fully saturated rings. The van der Waals surface area contributed by atoms with Crippen molar-refractivity contribution in [3.05, 3.63) is 45.7 Å². The van der Waals surface area contributed by atoms with Crippen molar-refractivity contribution >= 4 is 23.1 Å². The summed E-state index contributed by atoms with van der Waals surface area (Å²) in [5.74, 6) is -5.47. The smallest absolute Gasteiger partial charge is 0.202 e. The van der Waals surface area contributed by atoms with Crippen LogP contribution in [0.1, 0.15) is 30.0 Å². The molecule has 5 N–H and O–H groups in total.